The summed E-state index contributed by atoms with van der Waals surface area (Å²) in [5.41, 5.74) is 6.05. The lowest BCUT2D eigenvalue weighted by Gasteiger charge is -2.13. The minimum Gasteiger partial charge on any atom is -0.449 e. The molecular weight excluding hydrogens is 194 g/mol. The molecule has 0 radical (unpaired) electrons. The topological polar surface area (TPSA) is 64.9 Å². The van der Waals surface area contributed by atoms with Crippen molar-refractivity contribution in [3.05, 3.63) is 35.9 Å². The fourth-order valence-electron chi connectivity index (χ4n) is 1.58. The van der Waals surface area contributed by atoms with E-state index in [4.69, 9.17) is 15.2 Å². The molecule has 2 unspecified atom stereocenters. The molecule has 1 saturated heterocycles. The van der Waals surface area contributed by atoms with E-state index in [0.29, 0.717) is 0 Å². The molecule has 0 aromatic heterocycles. The van der Waals surface area contributed by atoms with Crippen LogP contribution >= 0.6 is 0 Å². The van der Waals surface area contributed by atoms with Crippen LogP contribution < -0.4 is 5.73 Å². The second kappa shape index (κ2) is 4.31. The van der Waals surface area contributed by atoms with Crippen LogP contribution in [-0.4, -0.2) is 25.4 Å². The zero-order valence-corrected chi connectivity index (χ0v) is 8.26. The quantitative estimate of drug-likeness (QED) is 0.756. The third-order valence-electron chi connectivity index (χ3n) is 2.44. The van der Waals surface area contributed by atoms with Crippen molar-refractivity contribution in [2.24, 2.45) is 5.73 Å². The fourth-order valence-corrected chi connectivity index (χ4v) is 1.58. The second-order valence-corrected chi connectivity index (χ2v) is 3.52. The molecule has 1 aromatic carbocycles. The summed E-state index contributed by atoms with van der Waals surface area (Å²) in [6, 6.07) is 9.85. The zero-order valence-electron chi connectivity index (χ0n) is 8.26. The first-order chi connectivity index (χ1) is 7.27. The van der Waals surface area contributed by atoms with Crippen molar-refractivity contribution >= 4 is 6.09 Å². The Labute approximate surface area is 88.0 Å². The number of hydrogen-bond acceptors (Lipinski definition) is 3. The summed E-state index contributed by atoms with van der Waals surface area (Å²) in [6.07, 6.45) is -0.580. The first kappa shape index (κ1) is 9.98. The Morgan fingerprint density at radius 3 is 2.73 bits per heavy atom. The van der Waals surface area contributed by atoms with Gasteiger partial charge < -0.3 is 15.2 Å². The van der Waals surface area contributed by atoms with Crippen molar-refractivity contribution in [2.45, 2.75) is 12.0 Å². The highest BCUT2D eigenvalue weighted by atomic mass is 16.6. The number of hydrogen-bond donors (Lipinski definition) is 1. The van der Waals surface area contributed by atoms with Gasteiger partial charge in [-0.05, 0) is 5.56 Å². The lowest BCUT2D eigenvalue weighted by molar-refractivity contribution is 0.143. The predicted molar refractivity (Wildman–Crippen MR) is 54.5 cm³/mol. The molecule has 1 heterocycles. The minimum absolute atomic E-state index is 0.0960. The molecule has 0 spiro atoms. The summed E-state index contributed by atoms with van der Waals surface area (Å²) in [6.45, 7) is 1.01. The molecule has 1 fully saturated rings. The van der Waals surface area contributed by atoms with Gasteiger partial charge in [0.2, 0.25) is 0 Å². The molecule has 2 rings (SSSR count). The highest BCUT2D eigenvalue weighted by Gasteiger charge is 2.34. The van der Waals surface area contributed by atoms with Gasteiger partial charge in [0, 0.05) is 5.92 Å². The summed E-state index contributed by atoms with van der Waals surface area (Å²) in [5.74, 6) is 0.0960. The van der Waals surface area contributed by atoms with Crippen LogP contribution in [0.5, 0.6) is 0 Å². The highest BCUT2D eigenvalue weighted by Crippen LogP contribution is 2.29. The Morgan fingerprint density at radius 1 is 1.53 bits per heavy atom. The Morgan fingerprint density at radius 2 is 2.20 bits per heavy atom. The third-order valence-corrected chi connectivity index (χ3v) is 2.44. The van der Waals surface area contributed by atoms with E-state index in [2.05, 4.69) is 0 Å². The van der Waals surface area contributed by atoms with E-state index in [1.54, 1.807) is 0 Å². The Balaban J connectivity index is 2.03. The van der Waals surface area contributed by atoms with Crippen LogP contribution in [0, 0.1) is 0 Å². The standard InChI is InChI=1S/C11H13NO3/c12-11(13)15-6-9(10-7-14-10)8-4-2-1-3-5-8/h1-5,9-10H,6-7H2,(H2,12,13). The molecule has 1 amide bonds. The first-order valence-electron chi connectivity index (χ1n) is 4.86. The van der Waals surface area contributed by atoms with Gasteiger partial charge in [0.05, 0.1) is 12.7 Å². The second-order valence-electron chi connectivity index (χ2n) is 3.52. The lowest BCUT2D eigenvalue weighted by Crippen LogP contribution is -2.20. The molecular formula is C11H13NO3. The minimum atomic E-state index is -0.739. The average Bonchev–Trinajstić information content (AvgIpc) is 3.03. The molecule has 2 N–H and O–H groups in total. The number of rotatable bonds is 4. The van der Waals surface area contributed by atoms with Gasteiger partial charge in [0.15, 0.2) is 0 Å². The maximum Gasteiger partial charge on any atom is 0.404 e. The van der Waals surface area contributed by atoms with Gasteiger partial charge in [-0.15, -0.1) is 0 Å². The van der Waals surface area contributed by atoms with E-state index in [9.17, 15) is 4.79 Å². The third kappa shape index (κ3) is 2.70. The van der Waals surface area contributed by atoms with Crippen molar-refractivity contribution < 1.29 is 14.3 Å². The zero-order chi connectivity index (χ0) is 10.7. The van der Waals surface area contributed by atoms with Crippen LogP contribution in [0.4, 0.5) is 4.79 Å². The first-order valence-corrected chi connectivity index (χ1v) is 4.86. The van der Waals surface area contributed by atoms with Crippen molar-refractivity contribution in [1.29, 1.82) is 0 Å². The monoisotopic (exact) mass is 207 g/mol. The van der Waals surface area contributed by atoms with Crippen LogP contribution in [0.15, 0.2) is 30.3 Å². The Kier molecular flexibility index (Phi) is 2.87. The summed E-state index contributed by atoms with van der Waals surface area (Å²) in [4.78, 5) is 10.5. The van der Waals surface area contributed by atoms with E-state index in [1.165, 1.54) is 0 Å². The van der Waals surface area contributed by atoms with Crippen molar-refractivity contribution in [3.8, 4) is 0 Å². The SMILES string of the molecule is NC(=O)OCC(c1ccccc1)C1CO1. The van der Waals surface area contributed by atoms with E-state index in [1.807, 2.05) is 30.3 Å². The molecule has 0 bridgehead atoms. The van der Waals surface area contributed by atoms with Gasteiger partial charge >= 0.3 is 6.09 Å². The van der Waals surface area contributed by atoms with E-state index < -0.39 is 6.09 Å². The number of epoxide rings is 1. The largest absolute Gasteiger partial charge is 0.449 e. The van der Waals surface area contributed by atoms with Crippen molar-refractivity contribution in [2.75, 3.05) is 13.2 Å². The van der Waals surface area contributed by atoms with Gasteiger partial charge in [-0.25, -0.2) is 4.79 Å². The van der Waals surface area contributed by atoms with Crippen LogP contribution in [0.3, 0.4) is 0 Å². The summed E-state index contributed by atoms with van der Waals surface area (Å²) in [5, 5.41) is 0. The number of primary amides is 1. The van der Waals surface area contributed by atoms with Crippen LogP contribution in [0.1, 0.15) is 11.5 Å². The van der Waals surface area contributed by atoms with Crippen molar-refractivity contribution in [3.63, 3.8) is 0 Å². The number of benzene rings is 1. The van der Waals surface area contributed by atoms with Gasteiger partial charge in [0.1, 0.15) is 6.61 Å². The normalized spacial score (nSPS) is 20.7. The van der Waals surface area contributed by atoms with Gasteiger partial charge in [-0.1, -0.05) is 30.3 Å². The molecule has 80 valence electrons. The molecule has 4 heteroatoms. The summed E-state index contributed by atoms with van der Waals surface area (Å²) >= 11 is 0. The fraction of sp³-hybridized carbons (Fsp3) is 0.364. The van der Waals surface area contributed by atoms with Gasteiger partial charge in [-0.2, -0.15) is 0 Å². The molecule has 0 aliphatic carbocycles. The van der Waals surface area contributed by atoms with Gasteiger partial charge in [-0.3, -0.25) is 0 Å². The average molecular weight is 207 g/mol. The summed E-state index contributed by atoms with van der Waals surface area (Å²) < 4.78 is 10.0. The smallest absolute Gasteiger partial charge is 0.404 e. The van der Waals surface area contributed by atoms with Crippen LogP contribution in [-0.2, 0) is 9.47 Å². The molecule has 1 aliphatic rings. The maximum atomic E-state index is 10.5. The maximum absolute atomic E-state index is 10.5. The van der Waals surface area contributed by atoms with E-state index in [-0.39, 0.29) is 18.6 Å². The van der Waals surface area contributed by atoms with Gasteiger partial charge in [0.25, 0.3) is 0 Å². The molecule has 15 heavy (non-hydrogen) atoms. The highest BCUT2D eigenvalue weighted by molar-refractivity contribution is 5.64. The van der Waals surface area contributed by atoms with Crippen molar-refractivity contribution in [1.82, 2.24) is 0 Å². The molecule has 4 nitrogen and oxygen atoms in total. The molecule has 0 saturated carbocycles. The molecule has 1 aliphatic heterocycles. The Hall–Kier alpha value is -1.55. The number of amides is 1. The molecule has 2 atom stereocenters. The predicted octanol–water partition coefficient (Wildman–Crippen LogP) is 1.26. The van der Waals surface area contributed by atoms with Crippen LogP contribution in [0.25, 0.3) is 0 Å². The number of nitrogens with two attached hydrogens (primary N) is 1. The molecule has 1 aromatic rings. The van der Waals surface area contributed by atoms with E-state index in [0.717, 1.165) is 12.2 Å². The Bertz CT molecular complexity index is 335. The van der Waals surface area contributed by atoms with E-state index >= 15 is 0 Å². The number of carbonyl (C=O) groups is 1. The number of ether oxygens (including phenoxy) is 2. The lowest BCUT2D eigenvalue weighted by atomic mass is 9.97. The summed E-state index contributed by atoms with van der Waals surface area (Å²) in [7, 11) is 0. The van der Waals surface area contributed by atoms with Crippen LogP contribution in [0.2, 0.25) is 0 Å². The number of carbonyl (C=O) groups excluding carboxylic acids is 1.